The SMILES string of the molecule is CN(Cc1ccsc1)CC(O)Cn1cc(N)cn1. The van der Waals surface area contributed by atoms with Crippen molar-refractivity contribution in [3.8, 4) is 0 Å². The maximum atomic E-state index is 9.97. The standard InChI is InChI=1S/C12H18N4OS/c1-15(5-10-2-3-18-9-10)7-12(17)8-16-6-11(13)4-14-16/h2-4,6,9,12,17H,5,7-8,13H2,1H3. The molecule has 0 spiro atoms. The van der Waals surface area contributed by atoms with Crippen LogP contribution in [0.1, 0.15) is 5.56 Å². The van der Waals surface area contributed by atoms with Crippen LogP contribution in [0, 0.1) is 0 Å². The zero-order chi connectivity index (χ0) is 13.0. The molecule has 1 unspecified atom stereocenters. The number of aliphatic hydroxyl groups is 1. The molecule has 1 atom stereocenters. The van der Waals surface area contributed by atoms with Gasteiger partial charge in [0, 0.05) is 19.3 Å². The highest BCUT2D eigenvalue weighted by atomic mass is 32.1. The first-order valence-electron chi connectivity index (χ1n) is 5.79. The van der Waals surface area contributed by atoms with Gasteiger partial charge in [-0.25, -0.2) is 0 Å². The summed E-state index contributed by atoms with van der Waals surface area (Å²) in [5, 5.41) is 18.2. The number of aromatic nitrogens is 2. The molecule has 2 rings (SSSR count). The maximum Gasteiger partial charge on any atom is 0.0862 e. The van der Waals surface area contributed by atoms with E-state index in [4.69, 9.17) is 5.73 Å². The second-order valence-corrected chi connectivity index (χ2v) is 5.26. The average Bonchev–Trinajstić information content (AvgIpc) is 2.90. The molecule has 0 aliphatic rings. The van der Waals surface area contributed by atoms with Crippen molar-refractivity contribution in [2.75, 3.05) is 19.3 Å². The molecule has 98 valence electrons. The van der Waals surface area contributed by atoms with Crippen molar-refractivity contribution in [3.63, 3.8) is 0 Å². The Labute approximate surface area is 110 Å². The normalized spacial score (nSPS) is 13.1. The Morgan fingerprint density at radius 3 is 3.06 bits per heavy atom. The van der Waals surface area contributed by atoms with Crippen LogP contribution in [-0.4, -0.2) is 39.5 Å². The molecular formula is C12H18N4OS. The number of nitrogen functional groups attached to an aromatic ring is 1. The van der Waals surface area contributed by atoms with Gasteiger partial charge in [0.2, 0.25) is 0 Å². The number of nitrogens with two attached hydrogens (primary N) is 1. The van der Waals surface area contributed by atoms with Gasteiger partial charge in [-0.3, -0.25) is 9.58 Å². The van der Waals surface area contributed by atoms with Gasteiger partial charge in [0.1, 0.15) is 0 Å². The lowest BCUT2D eigenvalue weighted by molar-refractivity contribution is 0.104. The van der Waals surface area contributed by atoms with Gasteiger partial charge in [-0.05, 0) is 29.4 Å². The molecule has 5 nitrogen and oxygen atoms in total. The van der Waals surface area contributed by atoms with Gasteiger partial charge < -0.3 is 10.8 Å². The third kappa shape index (κ3) is 3.83. The lowest BCUT2D eigenvalue weighted by Gasteiger charge is -2.20. The topological polar surface area (TPSA) is 67.3 Å². The first-order valence-corrected chi connectivity index (χ1v) is 6.73. The number of anilines is 1. The summed E-state index contributed by atoms with van der Waals surface area (Å²) in [6, 6.07) is 2.10. The van der Waals surface area contributed by atoms with Crippen LogP contribution >= 0.6 is 11.3 Å². The first-order chi connectivity index (χ1) is 8.63. The molecule has 18 heavy (non-hydrogen) atoms. The van der Waals surface area contributed by atoms with Crippen LogP contribution in [-0.2, 0) is 13.1 Å². The van der Waals surface area contributed by atoms with Crippen molar-refractivity contribution in [1.82, 2.24) is 14.7 Å². The molecule has 2 aromatic rings. The molecule has 0 aliphatic heterocycles. The molecule has 2 heterocycles. The van der Waals surface area contributed by atoms with E-state index in [0.717, 1.165) is 6.54 Å². The van der Waals surface area contributed by atoms with E-state index in [1.54, 1.807) is 28.4 Å². The van der Waals surface area contributed by atoms with Crippen molar-refractivity contribution in [2.24, 2.45) is 0 Å². The van der Waals surface area contributed by atoms with Crippen LogP contribution in [0.25, 0.3) is 0 Å². The predicted molar refractivity (Wildman–Crippen MR) is 73.3 cm³/mol. The molecule has 0 saturated carbocycles. The largest absolute Gasteiger partial charge is 0.396 e. The second-order valence-electron chi connectivity index (χ2n) is 4.48. The average molecular weight is 266 g/mol. The summed E-state index contributed by atoms with van der Waals surface area (Å²) >= 11 is 1.69. The third-order valence-electron chi connectivity index (χ3n) is 2.61. The lowest BCUT2D eigenvalue weighted by Crippen LogP contribution is -2.31. The fraction of sp³-hybridized carbons (Fsp3) is 0.417. The van der Waals surface area contributed by atoms with E-state index in [-0.39, 0.29) is 0 Å². The van der Waals surface area contributed by atoms with E-state index in [1.807, 2.05) is 7.05 Å². The van der Waals surface area contributed by atoms with Crippen LogP contribution in [0.15, 0.2) is 29.2 Å². The van der Waals surface area contributed by atoms with Crippen LogP contribution in [0.2, 0.25) is 0 Å². The zero-order valence-electron chi connectivity index (χ0n) is 10.4. The molecule has 0 fully saturated rings. The van der Waals surface area contributed by atoms with Crippen molar-refractivity contribution in [3.05, 3.63) is 34.8 Å². The van der Waals surface area contributed by atoms with Gasteiger partial charge in [-0.2, -0.15) is 16.4 Å². The Morgan fingerprint density at radius 1 is 1.61 bits per heavy atom. The van der Waals surface area contributed by atoms with E-state index in [1.165, 1.54) is 5.56 Å². The highest BCUT2D eigenvalue weighted by Crippen LogP contribution is 2.09. The van der Waals surface area contributed by atoms with Gasteiger partial charge in [-0.15, -0.1) is 0 Å². The highest BCUT2D eigenvalue weighted by Gasteiger charge is 2.10. The van der Waals surface area contributed by atoms with Gasteiger partial charge in [-0.1, -0.05) is 0 Å². The number of aliphatic hydroxyl groups excluding tert-OH is 1. The number of hydrogen-bond acceptors (Lipinski definition) is 5. The number of rotatable bonds is 6. The Bertz CT molecular complexity index is 468. The summed E-state index contributed by atoms with van der Waals surface area (Å²) in [5.74, 6) is 0. The van der Waals surface area contributed by atoms with Crippen molar-refractivity contribution >= 4 is 17.0 Å². The maximum absolute atomic E-state index is 9.97. The minimum absolute atomic E-state index is 0.451. The summed E-state index contributed by atoms with van der Waals surface area (Å²) in [4.78, 5) is 2.10. The minimum Gasteiger partial charge on any atom is -0.396 e. The lowest BCUT2D eigenvalue weighted by atomic mass is 10.3. The molecule has 0 aromatic carbocycles. The monoisotopic (exact) mass is 266 g/mol. The highest BCUT2D eigenvalue weighted by molar-refractivity contribution is 7.07. The predicted octanol–water partition coefficient (Wildman–Crippen LogP) is 1.02. The Hall–Kier alpha value is -1.37. The molecule has 0 saturated heterocycles. The molecule has 0 aliphatic carbocycles. The van der Waals surface area contributed by atoms with Crippen molar-refractivity contribution < 1.29 is 5.11 Å². The minimum atomic E-state index is -0.451. The van der Waals surface area contributed by atoms with Crippen LogP contribution in [0.3, 0.4) is 0 Å². The number of likely N-dealkylation sites (N-methyl/N-ethyl adjacent to an activating group) is 1. The van der Waals surface area contributed by atoms with Crippen molar-refractivity contribution in [1.29, 1.82) is 0 Å². The molecule has 0 radical (unpaired) electrons. The second kappa shape index (κ2) is 5.99. The fourth-order valence-electron chi connectivity index (χ4n) is 1.87. The van der Waals surface area contributed by atoms with Crippen LogP contribution in [0.5, 0.6) is 0 Å². The summed E-state index contributed by atoms with van der Waals surface area (Å²) in [5.41, 5.74) is 7.47. The van der Waals surface area contributed by atoms with Gasteiger partial charge in [0.05, 0.1) is 24.5 Å². The summed E-state index contributed by atoms with van der Waals surface area (Å²) in [6.45, 7) is 1.92. The Kier molecular flexibility index (Phi) is 4.35. The molecule has 0 amide bonds. The zero-order valence-corrected chi connectivity index (χ0v) is 11.2. The Morgan fingerprint density at radius 2 is 2.44 bits per heavy atom. The first kappa shape index (κ1) is 13.1. The van der Waals surface area contributed by atoms with E-state index < -0.39 is 6.10 Å². The molecule has 0 bridgehead atoms. The quantitative estimate of drug-likeness (QED) is 0.819. The van der Waals surface area contributed by atoms with Crippen LogP contribution < -0.4 is 5.73 Å². The third-order valence-corrected chi connectivity index (χ3v) is 3.34. The summed E-state index contributed by atoms with van der Waals surface area (Å²) in [7, 11) is 2.00. The number of nitrogens with zero attached hydrogens (tertiary/aromatic N) is 3. The molecule has 2 aromatic heterocycles. The van der Waals surface area contributed by atoms with Crippen molar-refractivity contribution in [2.45, 2.75) is 19.2 Å². The summed E-state index contributed by atoms with van der Waals surface area (Å²) in [6.07, 6.45) is 2.86. The Balaban J connectivity index is 1.78. The van der Waals surface area contributed by atoms with E-state index in [9.17, 15) is 5.11 Å². The molecule has 6 heteroatoms. The van der Waals surface area contributed by atoms with Crippen LogP contribution in [0.4, 0.5) is 5.69 Å². The summed E-state index contributed by atoms with van der Waals surface area (Å²) < 4.78 is 1.67. The number of thiophene rings is 1. The molecular weight excluding hydrogens is 248 g/mol. The number of hydrogen-bond donors (Lipinski definition) is 2. The van der Waals surface area contributed by atoms with E-state index in [0.29, 0.717) is 18.8 Å². The van der Waals surface area contributed by atoms with Gasteiger partial charge in [0.15, 0.2) is 0 Å². The smallest absolute Gasteiger partial charge is 0.0862 e. The van der Waals surface area contributed by atoms with Gasteiger partial charge in [0.25, 0.3) is 0 Å². The molecule has 3 N–H and O–H groups in total. The van der Waals surface area contributed by atoms with E-state index in [2.05, 4.69) is 26.8 Å². The van der Waals surface area contributed by atoms with E-state index >= 15 is 0 Å². The fourth-order valence-corrected chi connectivity index (χ4v) is 2.53. The van der Waals surface area contributed by atoms with Gasteiger partial charge >= 0.3 is 0 Å².